The highest BCUT2D eigenvalue weighted by Gasteiger charge is 2.51. The zero-order valence-electron chi connectivity index (χ0n) is 17.1. The topological polar surface area (TPSA) is 83.9 Å². The van der Waals surface area contributed by atoms with Crippen molar-refractivity contribution in [2.24, 2.45) is 0 Å². The first kappa shape index (κ1) is 21.2. The second-order valence-electron chi connectivity index (χ2n) is 7.66. The van der Waals surface area contributed by atoms with Crippen molar-refractivity contribution in [1.29, 1.82) is 0 Å². The minimum atomic E-state index is -4.10. The van der Waals surface area contributed by atoms with Crippen LogP contribution in [0.1, 0.15) is 16.7 Å². The summed E-state index contributed by atoms with van der Waals surface area (Å²) in [7, 11) is -4.10. The van der Waals surface area contributed by atoms with Crippen LogP contribution in [0, 0.1) is 6.92 Å². The Kier molecular flexibility index (Phi) is 5.66. The SMILES string of the molecule is Cc1ccc(S(=O)(=O)OC[C@@]2(CO)C(=O)N(Cc3ccccc3)c3ccccc32)cc1. The number of amides is 1. The number of carbonyl (C=O) groups is 1. The summed E-state index contributed by atoms with van der Waals surface area (Å²) in [5.74, 6) is -0.390. The van der Waals surface area contributed by atoms with E-state index in [1.165, 1.54) is 12.1 Å². The fourth-order valence-electron chi connectivity index (χ4n) is 3.81. The van der Waals surface area contributed by atoms with Gasteiger partial charge in [0, 0.05) is 5.69 Å². The van der Waals surface area contributed by atoms with Crippen molar-refractivity contribution in [2.75, 3.05) is 18.1 Å². The lowest BCUT2D eigenvalue weighted by Crippen LogP contribution is -2.46. The Morgan fingerprint density at radius 2 is 1.58 bits per heavy atom. The van der Waals surface area contributed by atoms with E-state index in [2.05, 4.69) is 0 Å². The monoisotopic (exact) mass is 437 g/mol. The Balaban J connectivity index is 1.66. The second-order valence-corrected chi connectivity index (χ2v) is 9.28. The summed E-state index contributed by atoms with van der Waals surface area (Å²) in [5, 5.41) is 10.3. The number of aryl methyl sites for hydroxylation is 1. The number of aliphatic hydroxyl groups is 1. The van der Waals surface area contributed by atoms with Gasteiger partial charge in [-0.1, -0.05) is 66.2 Å². The van der Waals surface area contributed by atoms with E-state index in [1.807, 2.05) is 43.3 Å². The Morgan fingerprint density at radius 3 is 2.26 bits per heavy atom. The molecule has 0 radical (unpaired) electrons. The summed E-state index contributed by atoms with van der Waals surface area (Å²) in [6.07, 6.45) is 0. The van der Waals surface area contributed by atoms with Gasteiger partial charge in [-0.2, -0.15) is 8.42 Å². The molecule has 1 amide bonds. The van der Waals surface area contributed by atoms with Gasteiger partial charge in [-0.25, -0.2) is 0 Å². The molecule has 1 atom stereocenters. The van der Waals surface area contributed by atoms with E-state index in [1.54, 1.807) is 35.2 Å². The van der Waals surface area contributed by atoms with Crippen LogP contribution in [-0.4, -0.2) is 32.6 Å². The Bertz CT molecular complexity index is 1190. The summed E-state index contributed by atoms with van der Waals surface area (Å²) in [6.45, 7) is 1.11. The van der Waals surface area contributed by atoms with Gasteiger partial charge in [-0.15, -0.1) is 0 Å². The highest BCUT2D eigenvalue weighted by atomic mass is 32.2. The van der Waals surface area contributed by atoms with E-state index >= 15 is 0 Å². The predicted molar refractivity (Wildman–Crippen MR) is 117 cm³/mol. The third-order valence-electron chi connectivity index (χ3n) is 5.59. The zero-order valence-corrected chi connectivity index (χ0v) is 17.9. The lowest BCUT2D eigenvalue weighted by Gasteiger charge is -2.26. The number of hydrogen-bond donors (Lipinski definition) is 1. The second kappa shape index (κ2) is 8.26. The van der Waals surface area contributed by atoms with Crippen LogP contribution >= 0.6 is 0 Å². The van der Waals surface area contributed by atoms with Crippen molar-refractivity contribution in [2.45, 2.75) is 23.8 Å². The molecule has 160 valence electrons. The van der Waals surface area contributed by atoms with E-state index in [0.29, 0.717) is 17.8 Å². The zero-order chi connectivity index (χ0) is 22.1. The molecule has 3 aromatic rings. The van der Waals surface area contributed by atoms with Gasteiger partial charge in [0.15, 0.2) is 0 Å². The molecule has 1 aliphatic rings. The van der Waals surface area contributed by atoms with Crippen molar-refractivity contribution in [3.8, 4) is 0 Å². The highest BCUT2D eigenvalue weighted by molar-refractivity contribution is 7.86. The molecule has 0 saturated heterocycles. The first-order valence-corrected chi connectivity index (χ1v) is 11.3. The summed E-state index contributed by atoms with van der Waals surface area (Å²) in [6, 6.07) is 22.9. The Labute approximate surface area is 181 Å². The van der Waals surface area contributed by atoms with Crippen LogP contribution in [0.5, 0.6) is 0 Å². The molecule has 0 aromatic heterocycles. The van der Waals surface area contributed by atoms with Crippen LogP contribution in [0.25, 0.3) is 0 Å². The molecule has 0 aliphatic carbocycles. The van der Waals surface area contributed by atoms with E-state index < -0.39 is 28.7 Å². The third kappa shape index (κ3) is 3.87. The fraction of sp³-hybridized carbons (Fsp3) is 0.208. The van der Waals surface area contributed by atoms with Crippen LogP contribution in [0.15, 0.2) is 83.8 Å². The van der Waals surface area contributed by atoms with Gasteiger partial charge in [-0.3, -0.25) is 8.98 Å². The molecule has 0 bridgehead atoms. The van der Waals surface area contributed by atoms with Crippen molar-refractivity contribution in [3.05, 3.63) is 95.6 Å². The van der Waals surface area contributed by atoms with E-state index in [4.69, 9.17) is 4.18 Å². The summed E-state index contributed by atoms with van der Waals surface area (Å²) < 4.78 is 30.8. The molecule has 1 N–H and O–H groups in total. The van der Waals surface area contributed by atoms with Gasteiger partial charge in [0.1, 0.15) is 5.41 Å². The molecule has 7 heteroatoms. The van der Waals surface area contributed by atoms with Crippen molar-refractivity contribution in [1.82, 2.24) is 0 Å². The van der Waals surface area contributed by atoms with Crippen LogP contribution in [0.2, 0.25) is 0 Å². The smallest absolute Gasteiger partial charge is 0.297 e. The highest BCUT2D eigenvalue weighted by Crippen LogP contribution is 2.43. The summed E-state index contributed by atoms with van der Waals surface area (Å²) in [4.78, 5) is 15.1. The average molecular weight is 438 g/mol. The average Bonchev–Trinajstić information content (AvgIpc) is 3.02. The lowest BCUT2D eigenvalue weighted by molar-refractivity contribution is -0.125. The molecular formula is C24H23NO5S. The third-order valence-corrected chi connectivity index (χ3v) is 6.87. The quantitative estimate of drug-likeness (QED) is 0.574. The minimum absolute atomic E-state index is 0.00561. The van der Waals surface area contributed by atoms with Crippen LogP contribution in [0.4, 0.5) is 5.69 Å². The summed E-state index contributed by atoms with van der Waals surface area (Å²) in [5.41, 5.74) is 1.54. The molecular weight excluding hydrogens is 414 g/mol. The number of benzene rings is 3. The van der Waals surface area contributed by atoms with Crippen LogP contribution in [0.3, 0.4) is 0 Å². The lowest BCUT2D eigenvalue weighted by atomic mass is 9.83. The van der Waals surface area contributed by atoms with Crippen molar-refractivity contribution >= 4 is 21.7 Å². The van der Waals surface area contributed by atoms with Gasteiger partial charge in [0.25, 0.3) is 10.1 Å². The first-order chi connectivity index (χ1) is 14.9. The molecule has 31 heavy (non-hydrogen) atoms. The molecule has 1 heterocycles. The Morgan fingerprint density at radius 1 is 0.935 bits per heavy atom. The first-order valence-electron chi connectivity index (χ1n) is 9.90. The van der Waals surface area contributed by atoms with E-state index in [0.717, 1.165) is 11.1 Å². The van der Waals surface area contributed by atoms with Gasteiger partial charge in [0.05, 0.1) is 24.7 Å². The normalized spacial score (nSPS) is 18.3. The number of nitrogens with zero attached hydrogens (tertiary/aromatic N) is 1. The van der Waals surface area contributed by atoms with Gasteiger partial charge in [-0.05, 0) is 36.2 Å². The van der Waals surface area contributed by atoms with E-state index in [-0.39, 0.29) is 10.8 Å². The number of carbonyl (C=O) groups excluding carboxylic acids is 1. The number of anilines is 1. The summed E-state index contributed by atoms with van der Waals surface area (Å²) >= 11 is 0. The molecule has 1 aliphatic heterocycles. The van der Waals surface area contributed by atoms with Gasteiger partial charge >= 0.3 is 0 Å². The molecule has 0 saturated carbocycles. The molecule has 0 spiro atoms. The molecule has 6 nitrogen and oxygen atoms in total. The number of fused-ring (bicyclic) bond motifs is 1. The van der Waals surface area contributed by atoms with Crippen LogP contribution < -0.4 is 4.90 Å². The maximum atomic E-state index is 13.5. The number of para-hydroxylation sites is 1. The molecule has 3 aromatic carbocycles. The number of aliphatic hydroxyl groups excluding tert-OH is 1. The van der Waals surface area contributed by atoms with Gasteiger partial charge in [0.2, 0.25) is 5.91 Å². The van der Waals surface area contributed by atoms with E-state index in [9.17, 15) is 18.3 Å². The number of hydrogen-bond acceptors (Lipinski definition) is 5. The maximum Gasteiger partial charge on any atom is 0.297 e. The molecule has 0 unspecified atom stereocenters. The maximum absolute atomic E-state index is 13.5. The Hall–Kier alpha value is -3.00. The van der Waals surface area contributed by atoms with Crippen molar-refractivity contribution < 1.29 is 22.5 Å². The largest absolute Gasteiger partial charge is 0.395 e. The standard InChI is InChI=1S/C24H23NO5S/c1-18-11-13-20(14-12-18)31(28,29)30-17-24(16-26)21-9-5-6-10-22(21)25(23(24)27)15-19-7-3-2-4-8-19/h2-14,26H,15-17H2,1H3/t24-/m1/s1. The molecule has 4 rings (SSSR count). The fourth-order valence-corrected chi connectivity index (χ4v) is 4.77. The van der Waals surface area contributed by atoms with Crippen LogP contribution in [-0.2, 0) is 31.1 Å². The number of rotatable bonds is 7. The predicted octanol–water partition coefficient (Wildman–Crippen LogP) is 3.18. The van der Waals surface area contributed by atoms with Gasteiger partial charge < -0.3 is 10.0 Å². The van der Waals surface area contributed by atoms with Crippen molar-refractivity contribution in [3.63, 3.8) is 0 Å². The molecule has 0 fully saturated rings. The minimum Gasteiger partial charge on any atom is -0.395 e.